The Morgan fingerprint density at radius 3 is 1.58 bits per heavy atom. The summed E-state index contributed by atoms with van der Waals surface area (Å²) in [6.45, 7) is 8.30. The van der Waals surface area contributed by atoms with Crippen LogP contribution < -0.4 is 16.4 Å². The minimum atomic E-state index is -0.294. The SMILES string of the molecule is CCOCCNC(=O)CCOCC(N)COCCC(=O)NCCOCC. The Hall–Kier alpha value is -1.26. The lowest BCUT2D eigenvalue weighted by Crippen LogP contribution is -2.33. The Kier molecular flexibility index (Phi) is 17.6. The molecule has 0 heterocycles. The standard InChI is InChI=1S/C17H35N3O6/c1-3-23-11-7-19-16(21)5-9-25-13-15(18)14-26-10-6-17(22)20-8-12-24-4-2/h15H,3-14,18H2,1-2H3,(H,19,21)(H,20,22). The number of hydrogen-bond donors (Lipinski definition) is 3. The largest absolute Gasteiger partial charge is 0.380 e. The predicted octanol–water partition coefficient (Wildman–Crippen LogP) is -0.567. The van der Waals surface area contributed by atoms with Gasteiger partial charge in [0.15, 0.2) is 0 Å². The molecule has 9 heteroatoms. The number of rotatable bonds is 18. The molecule has 0 aromatic heterocycles. The van der Waals surface area contributed by atoms with E-state index in [4.69, 9.17) is 24.7 Å². The van der Waals surface area contributed by atoms with Crippen LogP contribution in [0.5, 0.6) is 0 Å². The highest BCUT2D eigenvalue weighted by molar-refractivity contribution is 5.76. The molecule has 0 spiro atoms. The van der Waals surface area contributed by atoms with Crippen LogP contribution in [0.2, 0.25) is 0 Å². The van der Waals surface area contributed by atoms with Crippen LogP contribution in [0.25, 0.3) is 0 Å². The van der Waals surface area contributed by atoms with E-state index < -0.39 is 0 Å². The Morgan fingerprint density at radius 2 is 1.19 bits per heavy atom. The molecule has 0 aliphatic rings. The molecule has 154 valence electrons. The highest BCUT2D eigenvalue weighted by atomic mass is 16.5. The average Bonchev–Trinajstić information content (AvgIpc) is 2.63. The summed E-state index contributed by atoms with van der Waals surface area (Å²) >= 11 is 0. The molecule has 0 saturated carbocycles. The van der Waals surface area contributed by atoms with Crippen molar-refractivity contribution in [3.05, 3.63) is 0 Å². The molecule has 0 atom stereocenters. The molecule has 9 nitrogen and oxygen atoms in total. The van der Waals surface area contributed by atoms with Crippen molar-refractivity contribution in [3.8, 4) is 0 Å². The van der Waals surface area contributed by atoms with Crippen molar-refractivity contribution in [2.45, 2.75) is 32.7 Å². The van der Waals surface area contributed by atoms with Gasteiger partial charge in [-0.1, -0.05) is 0 Å². The van der Waals surface area contributed by atoms with E-state index >= 15 is 0 Å². The highest BCUT2D eigenvalue weighted by Crippen LogP contribution is 1.90. The van der Waals surface area contributed by atoms with Crippen molar-refractivity contribution >= 4 is 11.8 Å². The smallest absolute Gasteiger partial charge is 0.222 e. The Balaban J connectivity index is 3.42. The van der Waals surface area contributed by atoms with Gasteiger partial charge in [0.05, 0.1) is 45.7 Å². The van der Waals surface area contributed by atoms with E-state index in [0.29, 0.717) is 65.9 Å². The molecule has 0 aromatic carbocycles. The molecule has 0 unspecified atom stereocenters. The van der Waals surface area contributed by atoms with Crippen LogP contribution in [-0.2, 0) is 28.5 Å². The summed E-state index contributed by atoms with van der Waals surface area (Å²) in [5.41, 5.74) is 5.85. The average molecular weight is 377 g/mol. The quantitative estimate of drug-likeness (QED) is 0.274. The van der Waals surface area contributed by atoms with Crippen molar-refractivity contribution in [1.29, 1.82) is 0 Å². The van der Waals surface area contributed by atoms with E-state index in [0.717, 1.165) is 0 Å². The molecule has 26 heavy (non-hydrogen) atoms. The number of amides is 2. The van der Waals surface area contributed by atoms with Gasteiger partial charge in [0.1, 0.15) is 0 Å². The maximum Gasteiger partial charge on any atom is 0.222 e. The predicted molar refractivity (Wildman–Crippen MR) is 97.9 cm³/mol. The zero-order valence-corrected chi connectivity index (χ0v) is 16.1. The van der Waals surface area contributed by atoms with Crippen molar-refractivity contribution in [3.63, 3.8) is 0 Å². The molecular formula is C17H35N3O6. The molecule has 0 aliphatic carbocycles. The summed E-state index contributed by atoms with van der Waals surface area (Å²) in [4.78, 5) is 23.0. The first-order valence-corrected chi connectivity index (χ1v) is 9.20. The van der Waals surface area contributed by atoms with E-state index in [-0.39, 0.29) is 30.7 Å². The normalized spacial score (nSPS) is 10.9. The van der Waals surface area contributed by atoms with Gasteiger partial charge in [0, 0.05) is 39.1 Å². The number of nitrogens with two attached hydrogens (primary N) is 1. The van der Waals surface area contributed by atoms with Gasteiger partial charge in [0.25, 0.3) is 0 Å². The van der Waals surface area contributed by atoms with Crippen molar-refractivity contribution in [1.82, 2.24) is 10.6 Å². The van der Waals surface area contributed by atoms with E-state index in [1.165, 1.54) is 0 Å². The maximum absolute atomic E-state index is 11.5. The van der Waals surface area contributed by atoms with Crippen LogP contribution in [0, 0.1) is 0 Å². The summed E-state index contributed by atoms with van der Waals surface area (Å²) in [5, 5.41) is 5.47. The summed E-state index contributed by atoms with van der Waals surface area (Å²) in [7, 11) is 0. The zero-order chi connectivity index (χ0) is 19.5. The molecule has 4 N–H and O–H groups in total. The van der Waals surface area contributed by atoms with Crippen LogP contribution in [0.3, 0.4) is 0 Å². The maximum atomic E-state index is 11.5. The minimum absolute atomic E-state index is 0.0788. The lowest BCUT2D eigenvalue weighted by atomic mass is 10.3. The topological polar surface area (TPSA) is 121 Å². The molecule has 0 rings (SSSR count). The Morgan fingerprint density at radius 1 is 0.769 bits per heavy atom. The summed E-state index contributed by atoms with van der Waals surface area (Å²) in [6, 6.07) is -0.294. The van der Waals surface area contributed by atoms with Crippen LogP contribution in [0.4, 0.5) is 0 Å². The fraction of sp³-hybridized carbons (Fsp3) is 0.882. The molecule has 2 amide bonds. The minimum Gasteiger partial charge on any atom is -0.380 e. The first-order chi connectivity index (χ1) is 12.6. The second-order valence-electron chi connectivity index (χ2n) is 5.50. The molecule has 0 fully saturated rings. The van der Waals surface area contributed by atoms with Crippen LogP contribution in [0.1, 0.15) is 26.7 Å². The van der Waals surface area contributed by atoms with Gasteiger partial charge in [-0.15, -0.1) is 0 Å². The number of ether oxygens (including phenoxy) is 4. The van der Waals surface area contributed by atoms with Crippen LogP contribution in [-0.4, -0.2) is 83.8 Å². The lowest BCUT2D eigenvalue weighted by molar-refractivity contribution is -0.123. The van der Waals surface area contributed by atoms with Gasteiger partial charge in [-0.25, -0.2) is 0 Å². The Bertz CT molecular complexity index is 325. The third kappa shape index (κ3) is 17.6. The first-order valence-electron chi connectivity index (χ1n) is 9.20. The summed E-state index contributed by atoms with van der Waals surface area (Å²) in [6.07, 6.45) is 0.559. The summed E-state index contributed by atoms with van der Waals surface area (Å²) < 4.78 is 21.0. The van der Waals surface area contributed by atoms with Crippen molar-refractivity contribution in [2.24, 2.45) is 5.73 Å². The molecule has 0 aliphatic heterocycles. The molecular weight excluding hydrogens is 342 g/mol. The van der Waals surface area contributed by atoms with Crippen LogP contribution >= 0.6 is 0 Å². The number of nitrogens with one attached hydrogen (secondary N) is 2. The third-order valence-corrected chi connectivity index (χ3v) is 3.16. The molecule has 0 aromatic rings. The lowest BCUT2D eigenvalue weighted by Gasteiger charge is -2.13. The highest BCUT2D eigenvalue weighted by Gasteiger charge is 2.06. The monoisotopic (exact) mass is 377 g/mol. The van der Waals surface area contributed by atoms with E-state index in [2.05, 4.69) is 10.6 Å². The number of carbonyl (C=O) groups is 2. The van der Waals surface area contributed by atoms with Crippen molar-refractivity contribution < 1.29 is 28.5 Å². The number of carbonyl (C=O) groups excluding carboxylic acids is 2. The first kappa shape index (κ1) is 24.7. The summed E-state index contributed by atoms with van der Waals surface area (Å²) in [5.74, 6) is -0.158. The third-order valence-electron chi connectivity index (χ3n) is 3.16. The van der Waals surface area contributed by atoms with Gasteiger partial charge >= 0.3 is 0 Å². The van der Waals surface area contributed by atoms with Gasteiger partial charge in [-0.3, -0.25) is 9.59 Å². The van der Waals surface area contributed by atoms with E-state index in [1.54, 1.807) is 0 Å². The molecule has 0 saturated heterocycles. The second-order valence-corrected chi connectivity index (χ2v) is 5.50. The van der Waals surface area contributed by atoms with Gasteiger partial charge in [0.2, 0.25) is 11.8 Å². The second kappa shape index (κ2) is 18.5. The van der Waals surface area contributed by atoms with Crippen molar-refractivity contribution in [2.75, 3.05) is 65.9 Å². The zero-order valence-electron chi connectivity index (χ0n) is 16.1. The van der Waals surface area contributed by atoms with Crippen LogP contribution in [0.15, 0.2) is 0 Å². The molecule has 0 bridgehead atoms. The van der Waals surface area contributed by atoms with Gasteiger partial charge in [-0.05, 0) is 13.8 Å². The number of hydrogen-bond acceptors (Lipinski definition) is 7. The van der Waals surface area contributed by atoms with Gasteiger partial charge in [-0.2, -0.15) is 0 Å². The van der Waals surface area contributed by atoms with E-state index in [1.807, 2.05) is 13.8 Å². The fourth-order valence-electron chi connectivity index (χ4n) is 1.84. The molecule has 0 radical (unpaired) electrons. The van der Waals surface area contributed by atoms with E-state index in [9.17, 15) is 9.59 Å². The fourth-order valence-corrected chi connectivity index (χ4v) is 1.84. The Labute approximate surface area is 156 Å². The van der Waals surface area contributed by atoms with Gasteiger partial charge < -0.3 is 35.3 Å².